The van der Waals surface area contributed by atoms with Crippen molar-refractivity contribution in [3.8, 4) is 0 Å². The fourth-order valence-corrected chi connectivity index (χ4v) is 5.37. The molecule has 3 aromatic heterocycles. The van der Waals surface area contributed by atoms with Crippen LogP contribution in [0.4, 0.5) is 0 Å². The smallest absolute Gasteiger partial charge is 0.293 e. The Bertz CT molecular complexity index is 1060. The number of thiophene rings is 1. The lowest BCUT2D eigenvalue weighted by Crippen LogP contribution is -2.30. The number of hydrogen-bond donors (Lipinski definition) is 1. The Morgan fingerprint density at radius 3 is 2.79 bits per heavy atom. The van der Waals surface area contributed by atoms with Crippen molar-refractivity contribution in [2.45, 2.75) is 47.0 Å². The summed E-state index contributed by atoms with van der Waals surface area (Å²) in [7, 11) is 1.64. The van der Waals surface area contributed by atoms with E-state index >= 15 is 0 Å². The van der Waals surface area contributed by atoms with E-state index < -0.39 is 0 Å². The van der Waals surface area contributed by atoms with Crippen molar-refractivity contribution < 1.29 is 9.90 Å². The van der Waals surface area contributed by atoms with Gasteiger partial charge in [0.25, 0.3) is 5.91 Å². The van der Waals surface area contributed by atoms with Gasteiger partial charge in [0.05, 0.1) is 12.0 Å². The Morgan fingerprint density at radius 1 is 1.36 bits per heavy atom. The Balaban J connectivity index is 1.84. The zero-order valence-corrected chi connectivity index (χ0v) is 17.9. The van der Waals surface area contributed by atoms with E-state index in [1.54, 1.807) is 22.9 Å². The van der Waals surface area contributed by atoms with Gasteiger partial charge in [-0.2, -0.15) is 4.52 Å². The number of hydrogen-bond acceptors (Lipinski definition) is 6. The Kier molecular flexibility index (Phi) is 4.66. The normalized spacial score (nSPS) is 17.3. The molecule has 0 saturated heterocycles. The predicted octanol–water partition coefficient (Wildman–Crippen LogP) is 2.86. The first kappa shape index (κ1) is 19.3. The fourth-order valence-electron chi connectivity index (χ4n) is 4.03. The Labute approximate surface area is 168 Å². The van der Waals surface area contributed by atoms with Crippen LogP contribution in [0.25, 0.3) is 15.9 Å². The molecule has 7 nitrogen and oxygen atoms in total. The highest BCUT2D eigenvalue weighted by Crippen LogP contribution is 2.43. The summed E-state index contributed by atoms with van der Waals surface area (Å²) < 4.78 is 1.69. The van der Waals surface area contributed by atoms with Crippen LogP contribution in [0.2, 0.25) is 0 Å². The summed E-state index contributed by atoms with van der Waals surface area (Å²) in [5, 5.41) is 14.6. The van der Waals surface area contributed by atoms with E-state index in [-0.39, 0.29) is 30.3 Å². The lowest BCUT2D eigenvalue weighted by Gasteiger charge is -2.33. The first-order chi connectivity index (χ1) is 13.2. The van der Waals surface area contributed by atoms with Gasteiger partial charge in [0, 0.05) is 18.5 Å². The lowest BCUT2D eigenvalue weighted by atomic mass is 9.72. The molecule has 1 atom stereocenters. The third-order valence-corrected chi connectivity index (χ3v) is 6.99. The highest BCUT2D eigenvalue weighted by atomic mass is 32.1. The van der Waals surface area contributed by atoms with E-state index in [1.807, 2.05) is 6.92 Å². The quantitative estimate of drug-likeness (QED) is 0.730. The topological polar surface area (TPSA) is 83.6 Å². The molecular formula is C20H27N5O2S. The van der Waals surface area contributed by atoms with E-state index in [4.69, 9.17) is 10.1 Å². The molecule has 3 aromatic rings. The summed E-state index contributed by atoms with van der Waals surface area (Å²) >= 11 is 1.76. The number of amides is 1. The number of carbonyl (C=O) groups is 1. The summed E-state index contributed by atoms with van der Waals surface area (Å²) in [5.74, 6) is 1.25. The van der Waals surface area contributed by atoms with Crippen LogP contribution in [0.1, 0.15) is 54.1 Å². The van der Waals surface area contributed by atoms with E-state index in [0.29, 0.717) is 5.92 Å². The number of fused-ring (bicyclic) bond motifs is 5. The molecule has 150 valence electrons. The number of likely N-dealkylation sites (N-methyl/N-ethyl adjacent to an activating group) is 1. The maximum absolute atomic E-state index is 12.6. The summed E-state index contributed by atoms with van der Waals surface area (Å²) in [5.41, 5.74) is 2.33. The molecule has 1 aliphatic rings. The number of aryl methyl sites for hydroxylation is 2. The van der Waals surface area contributed by atoms with Crippen molar-refractivity contribution in [2.75, 3.05) is 20.2 Å². The molecule has 1 amide bonds. The number of aromatic nitrogens is 4. The molecule has 1 aliphatic carbocycles. The number of carbonyl (C=O) groups excluding carboxylic acids is 1. The third-order valence-electron chi connectivity index (χ3n) is 5.85. The van der Waals surface area contributed by atoms with Crippen molar-refractivity contribution >= 4 is 33.1 Å². The highest BCUT2D eigenvalue weighted by Gasteiger charge is 2.32. The van der Waals surface area contributed by atoms with Gasteiger partial charge in [-0.15, -0.1) is 16.4 Å². The molecule has 0 aromatic carbocycles. The van der Waals surface area contributed by atoms with Crippen LogP contribution in [0.15, 0.2) is 0 Å². The first-order valence-electron chi connectivity index (χ1n) is 9.74. The zero-order valence-electron chi connectivity index (χ0n) is 17.1. The molecule has 0 radical (unpaired) electrons. The van der Waals surface area contributed by atoms with E-state index in [1.165, 1.54) is 15.3 Å². The minimum atomic E-state index is -0.290. The van der Waals surface area contributed by atoms with Crippen molar-refractivity contribution in [3.05, 3.63) is 22.1 Å². The van der Waals surface area contributed by atoms with Crippen molar-refractivity contribution in [1.82, 2.24) is 24.5 Å². The third kappa shape index (κ3) is 3.08. The van der Waals surface area contributed by atoms with Gasteiger partial charge in [-0.3, -0.25) is 4.79 Å². The number of aliphatic hydroxyl groups is 1. The van der Waals surface area contributed by atoms with Gasteiger partial charge in [-0.05, 0) is 43.1 Å². The van der Waals surface area contributed by atoms with Crippen LogP contribution in [0, 0.1) is 18.3 Å². The van der Waals surface area contributed by atoms with E-state index in [0.717, 1.165) is 41.0 Å². The molecule has 0 aliphatic heterocycles. The van der Waals surface area contributed by atoms with Gasteiger partial charge >= 0.3 is 0 Å². The fraction of sp³-hybridized carbons (Fsp3) is 0.600. The molecule has 0 fully saturated rings. The SMILES string of the molecule is Cc1nc2sc3c(c2c2nc(C(=O)N(C)CCO)nn12)CCC(C(C)(C)C)C3. The minimum absolute atomic E-state index is 0.0899. The highest BCUT2D eigenvalue weighted by molar-refractivity contribution is 7.19. The van der Waals surface area contributed by atoms with Crippen LogP contribution in [-0.4, -0.2) is 55.7 Å². The van der Waals surface area contributed by atoms with Gasteiger partial charge in [0.1, 0.15) is 10.7 Å². The lowest BCUT2D eigenvalue weighted by molar-refractivity contribution is 0.0755. The number of rotatable bonds is 3. The number of aliphatic hydroxyl groups excluding tert-OH is 1. The summed E-state index contributed by atoms with van der Waals surface area (Å²) in [6, 6.07) is 0. The minimum Gasteiger partial charge on any atom is -0.395 e. The van der Waals surface area contributed by atoms with Gasteiger partial charge in [-0.1, -0.05) is 20.8 Å². The molecule has 0 bridgehead atoms. The molecule has 0 spiro atoms. The van der Waals surface area contributed by atoms with Gasteiger partial charge < -0.3 is 10.0 Å². The Hall–Kier alpha value is -2.06. The van der Waals surface area contributed by atoms with Crippen LogP contribution < -0.4 is 0 Å². The second kappa shape index (κ2) is 6.77. The molecule has 8 heteroatoms. The number of nitrogens with zero attached hydrogens (tertiary/aromatic N) is 5. The standard InChI is InChI=1S/C20H27N5O2S/c1-11-21-18-15(13-7-6-12(20(2,3)4)10-14(13)28-18)17-22-16(23-25(11)17)19(27)24(5)8-9-26/h12,26H,6-10H2,1-5H3. The summed E-state index contributed by atoms with van der Waals surface area (Å²) in [4.78, 5) is 25.8. The molecule has 28 heavy (non-hydrogen) atoms. The average Bonchev–Trinajstić information content (AvgIpc) is 3.21. The van der Waals surface area contributed by atoms with Crippen LogP contribution >= 0.6 is 11.3 Å². The van der Waals surface area contributed by atoms with Crippen molar-refractivity contribution in [1.29, 1.82) is 0 Å². The second-order valence-electron chi connectivity index (χ2n) is 8.77. The zero-order chi connectivity index (χ0) is 20.2. The molecule has 0 saturated carbocycles. The van der Waals surface area contributed by atoms with Crippen LogP contribution in [0.5, 0.6) is 0 Å². The van der Waals surface area contributed by atoms with Crippen molar-refractivity contribution in [2.24, 2.45) is 11.3 Å². The van der Waals surface area contributed by atoms with Crippen molar-refractivity contribution in [3.63, 3.8) is 0 Å². The first-order valence-corrected chi connectivity index (χ1v) is 10.6. The summed E-state index contributed by atoms with van der Waals surface area (Å²) in [6.45, 7) is 9.00. The molecular weight excluding hydrogens is 374 g/mol. The largest absolute Gasteiger partial charge is 0.395 e. The van der Waals surface area contributed by atoms with Crippen LogP contribution in [-0.2, 0) is 12.8 Å². The van der Waals surface area contributed by atoms with Gasteiger partial charge in [0.2, 0.25) is 5.82 Å². The van der Waals surface area contributed by atoms with Gasteiger partial charge in [-0.25, -0.2) is 9.97 Å². The molecule has 4 rings (SSSR count). The Morgan fingerprint density at radius 2 is 2.11 bits per heavy atom. The maximum Gasteiger partial charge on any atom is 0.293 e. The molecule has 1 unspecified atom stereocenters. The van der Waals surface area contributed by atoms with Gasteiger partial charge in [0.15, 0.2) is 5.65 Å². The van der Waals surface area contributed by atoms with E-state index in [2.05, 4.69) is 30.9 Å². The maximum atomic E-state index is 12.6. The second-order valence-corrected chi connectivity index (χ2v) is 9.85. The average molecular weight is 402 g/mol. The predicted molar refractivity (Wildman–Crippen MR) is 110 cm³/mol. The van der Waals surface area contributed by atoms with Crippen LogP contribution in [0.3, 0.4) is 0 Å². The summed E-state index contributed by atoms with van der Waals surface area (Å²) in [6.07, 6.45) is 3.24. The molecule has 3 heterocycles. The molecule has 1 N–H and O–H groups in total. The monoisotopic (exact) mass is 401 g/mol. The van der Waals surface area contributed by atoms with E-state index in [9.17, 15) is 4.79 Å².